The molecule has 0 heterocycles. The van der Waals surface area contributed by atoms with E-state index >= 15 is 0 Å². The number of carbonyl (C=O) groups excluding carboxylic acids is 1. The van der Waals surface area contributed by atoms with Crippen molar-refractivity contribution in [2.24, 2.45) is 0 Å². The van der Waals surface area contributed by atoms with Crippen molar-refractivity contribution in [2.45, 2.75) is 31.6 Å². The number of sulfonamides is 1. The average molecular weight is 450 g/mol. The number of anilines is 1. The van der Waals surface area contributed by atoms with Crippen molar-refractivity contribution >= 4 is 21.7 Å². The summed E-state index contributed by atoms with van der Waals surface area (Å²) in [5, 5.41) is 0. The predicted molar refractivity (Wildman–Crippen MR) is 128 cm³/mol. The molecule has 0 amide bonds. The van der Waals surface area contributed by atoms with E-state index < -0.39 is 16.0 Å². The molecule has 0 N–H and O–H groups in total. The zero-order chi connectivity index (χ0) is 23.3. The van der Waals surface area contributed by atoms with Gasteiger partial charge in [-0.3, -0.25) is 4.31 Å². The van der Waals surface area contributed by atoms with Gasteiger partial charge in [0, 0.05) is 0 Å². The molecule has 5 nitrogen and oxygen atoms in total. The predicted octanol–water partition coefficient (Wildman–Crippen LogP) is 5.72. The van der Waals surface area contributed by atoms with Crippen LogP contribution < -0.4 is 9.04 Å². The molecule has 0 bridgehead atoms. The van der Waals surface area contributed by atoms with Crippen molar-refractivity contribution in [1.29, 1.82) is 0 Å². The largest absolute Gasteiger partial charge is 0.423 e. The van der Waals surface area contributed by atoms with Crippen molar-refractivity contribution in [3.05, 3.63) is 102 Å². The van der Waals surface area contributed by atoms with Gasteiger partial charge in [0.1, 0.15) is 5.75 Å². The lowest BCUT2D eigenvalue weighted by atomic mass is 10.0. The molecule has 0 radical (unpaired) electrons. The Morgan fingerprint density at radius 1 is 1.03 bits per heavy atom. The monoisotopic (exact) mass is 449 g/mol. The fraction of sp³-hybridized carbons (Fsp3) is 0.192. The fourth-order valence-electron chi connectivity index (χ4n) is 3.21. The van der Waals surface area contributed by atoms with Gasteiger partial charge in [-0.25, -0.2) is 13.2 Å². The van der Waals surface area contributed by atoms with Crippen molar-refractivity contribution in [2.75, 3.05) is 10.8 Å². The second-order valence-electron chi connectivity index (χ2n) is 7.76. The molecule has 0 aliphatic carbocycles. The molecule has 0 unspecified atom stereocenters. The second kappa shape index (κ2) is 9.83. The first-order valence-corrected chi connectivity index (χ1v) is 11.8. The van der Waals surface area contributed by atoms with E-state index in [1.807, 2.05) is 31.2 Å². The highest BCUT2D eigenvalue weighted by atomic mass is 32.2. The molecule has 0 fully saturated rings. The molecule has 32 heavy (non-hydrogen) atoms. The lowest BCUT2D eigenvalue weighted by molar-refractivity contribution is 0.0733. The number of ether oxygens (including phenoxy) is 1. The quantitative estimate of drug-likeness (QED) is 0.251. The number of nitrogens with zero attached hydrogens (tertiary/aromatic N) is 1. The third kappa shape index (κ3) is 5.08. The maximum atomic E-state index is 13.4. The first kappa shape index (κ1) is 23.3. The molecule has 6 heteroatoms. The van der Waals surface area contributed by atoms with Crippen LogP contribution in [0.5, 0.6) is 5.75 Å². The lowest BCUT2D eigenvalue weighted by Crippen LogP contribution is -2.31. The van der Waals surface area contributed by atoms with Crippen LogP contribution in [-0.4, -0.2) is 20.9 Å². The van der Waals surface area contributed by atoms with Crippen LogP contribution in [0, 0.1) is 6.92 Å². The molecule has 0 aliphatic rings. The smallest absolute Gasteiger partial charge is 0.343 e. The summed E-state index contributed by atoms with van der Waals surface area (Å²) in [4.78, 5) is 12.9. The minimum absolute atomic E-state index is 0.00491. The van der Waals surface area contributed by atoms with Crippen LogP contribution >= 0.6 is 0 Å². The van der Waals surface area contributed by atoms with Gasteiger partial charge < -0.3 is 4.74 Å². The molecule has 0 aliphatic heterocycles. The van der Waals surface area contributed by atoms with Crippen LogP contribution in [0.15, 0.2) is 90.3 Å². The normalized spacial score (nSPS) is 11.2. The molecule has 0 saturated carbocycles. The van der Waals surface area contributed by atoms with Crippen LogP contribution in [0.4, 0.5) is 5.69 Å². The summed E-state index contributed by atoms with van der Waals surface area (Å²) >= 11 is 0. The van der Waals surface area contributed by atoms with Crippen molar-refractivity contribution in [3.63, 3.8) is 0 Å². The van der Waals surface area contributed by atoms with Crippen LogP contribution in [-0.2, 0) is 10.0 Å². The van der Waals surface area contributed by atoms with Crippen molar-refractivity contribution in [3.8, 4) is 5.75 Å². The van der Waals surface area contributed by atoms with Crippen LogP contribution in [0.25, 0.3) is 0 Å². The van der Waals surface area contributed by atoms with Gasteiger partial charge in [-0.15, -0.1) is 6.58 Å². The van der Waals surface area contributed by atoms with Gasteiger partial charge in [0.05, 0.1) is 22.7 Å². The SMILES string of the molecule is C=CCN(c1ccccc1)S(=O)(=O)c1cccc(C(=O)Oc2cc(C(C)C)ccc2C)c1. The van der Waals surface area contributed by atoms with E-state index in [0.29, 0.717) is 11.4 Å². The van der Waals surface area contributed by atoms with Gasteiger partial charge >= 0.3 is 5.97 Å². The Balaban J connectivity index is 1.93. The van der Waals surface area contributed by atoms with Crippen molar-refractivity contribution in [1.82, 2.24) is 0 Å². The van der Waals surface area contributed by atoms with Gasteiger partial charge in [-0.05, 0) is 60.4 Å². The third-order valence-electron chi connectivity index (χ3n) is 5.08. The van der Waals surface area contributed by atoms with Crippen LogP contribution in [0.2, 0.25) is 0 Å². The summed E-state index contributed by atoms with van der Waals surface area (Å²) in [7, 11) is -3.92. The molecular formula is C26H27NO4S. The summed E-state index contributed by atoms with van der Waals surface area (Å²) in [6, 6.07) is 20.4. The van der Waals surface area contributed by atoms with Gasteiger partial charge in [-0.2, -0.15) is 0 Å². The Labute approximate surface area is 190 Å². The summed E-state index contributed by atoms with van der Waals surface area (Å²) < 4.78 is 33.6. The van der Waals surface area contributed by atoms with Crippen molar-refractivity contribution < 1.29 is 17.9 Å². The van der Waals surface area contributed by atoms with E-state index in [2.05, 4.69) is 20.4 Å². The van der Waals surface area contributed by atoms with Gasteiger partial charge in [0.15, 0.2) is 0 Å². The first-order chi connectivity index (χ1) is 15.2. The zero-order valence-electron chi connectivity index (χ0n) is 18.5. The lowest BCUT2D eigenvalue weighted by Gasteiger charge is -2.23. The summed E-state index contributed by atoms with van der Waals surface area (Å²) in [6.07, 6.45) is 1.52. The Morgan fingerprint density at radius 3 is 2.41 bits per heavy atom. The molecule has 3 aromatic rings. The molecule has 0 spiro atoms. The van der Waals surface area contributed by atoms with E-state index in [0.717, 1.165) is 11.1 Å². The van der Waals surface area contributed by atoms with E-state index in [4.69, 9.17) is 4.74 Å². The first-order valence-electron chi connectivity index (χ1n) is 10.4. The number of benzene rings is 3. The zero-order valence-corrected chi connectivity index (χ0v) is 19.3. The van der Waals surface area contributed by atoms with Crippen LogP contribution in [0.3, 0.4) is 0 Å². The number of esters is 1. The minimum Gasteiger partial charge on any atom is -0.423 e. The highest BCUT2D eigenvalue weighted by Gasteiger charge is 2.25. The number of aryl methyl sites for hydroxylation is 1. The molecule has 166 valence electrons. The Hall–Kier alpha value is -3.38. The summed E-state index contributed by atoms with van der Waals surface area (Å²) in [6.45, 7) is 9.76. The Bertz CT molecular complexity index is 1220. The second-order valence-corrected chi connectivity index (χ2v) is 9.62. The third-order valence-corrected chi connectivity index (χ3v) is 6.87. The number of rotatable bonds is 8. The van der Waals surface area contributed by atoms with Gasteiger partial charge in [0.25, 0.3) is 10.0 Å². The number of para-hydroxylation sites is 1. The fourth-order valence-corrected chi connectivity index (χ4v) is 4.69. The Kier molecular flexibility index (Phi) is 7.15. The molecule has 3 aromatic carbocycles. The van der Waals surface area contributed by atoms with E-state index in [9.17, 15) is 13.2 Å². The van der Waals surface area contributed by atoms with Crippen LogP contribution in [0.1, 0.15) is 41.3 Å². The maximum Gasteiger partial charge on any atom is 0.343 e. The summed E-state index contributed by atoms with van der Waals surface area (Å²) in [5.41, 5.74) is 2.55. The number of hydrogen-bond donors (Lipinski definition) is 0. The highest BCUT2D eigenvalue weighted by molar-refractivity contribution is 7.92. The van der Waals surface area contributed by atoms with E-state index in [1.54, 1.807) is 30.3 Å². The Morgan fingerprint density at radius 2 is 1.75 bits per heavy atom. The molecule has 0 aromatic heterocycles. The molecular weight excluding hydrogens is 422 g/mol. The number of hydrogen-bond acceptors (Lipinski definition) is 4. The molecule has 0 saturated heterocycles. The van der Waals surface area contributed by atoms with E-state index in [1.165, 1.54) is 28.6 Å². The topological polar surface area (TPSA) is 63.7 Å². The number of carbonyl (C=O) groups is 1. The van der Waals surface area contributed by atoms with Gasteiger partial charge in [-0.1, -0.05) is 56.3 Å². The standard InChI is InChI=1S/C26H27NO4S/c1-5-16-27(23-11-7-6-8-12-23)32(29,30)24-13-9-10-22(17-24)26(28)31-25-18-21(19(2)3)15-14-20(25)4/h5-15,17-19H,1,16H2,2-4H3. The highest BCUT2D eigenvalue weighted by Crippen LogP contribution is 2.27. The van der Waals surface area contributed by atoms with E-state index in [-0.39, 0.29) is 22.9 Å². The van der Waals surface area contributed by atoms with Gasteiger partial charge in [0.2, 0.25) is 0 Å². The minimum atomic E-state index is -3.92. The average Bonchev–Trinajstić information content (AvgIpc) is 2.79. The maximum absolute atomic E-state index is 13.4. The molecule has 0 atom stereocenters. The summed E-state index contributed by atoms with van der Waals surface area (Å²) in [5.74, 6) is 0.142. The molecule has 3 rings (SSSR count).